The molecule has 0 saturated carbocycles. The molecule has 0 fully saturated rings. The molecule has 4 amide bonds. The van der Waals surface area contributed by atoms with Crippen LogP contribution < -0.4 is 11.1 Å². The van der Waals surface area contributed by atoms with Gasteiger partial charge in [-0.15, -0.1) is 12.6 Å². The number of amides is 4. The first-order valence-electron chi connectivity index (χ1n) is 12.5. The van der Waals surface area contributed by atoms with Crippen LogP contribution in [0.15, 0.2) is 0 Å². The average molecular weight is 533 g/mol. The minimum atomic E-state index is -1.02. The highest BCUT2D eigenvalue weighted by Crippen LogP contribution is 2.24. The van der Waals surface area contributed by atoms with E-state index in [-0.39, 0.29) is 30.1 Å². The van der Waals surface area contributed by atoms with E-state index in [4.69, 9.17) is 15.2 Å². The number of nitrogens with zero attached hydrogens (tertiary/aromatic N) is 2. The van der Waals surface area contributed by atoms with Crippen molar-refractivity contribution in [1.29, 1.82) is 0 Å². The normalized spacial score (nSPS) is 16.1. The van der Waals surface area contributed by atoms with Gasteiger partial charge in [-0.1, -0.05) is 48.0 Å². The molecule has 0 aliphatic rings. The Labute approximate surface area is 222 Å². The molecule has 0 aliphatic carbocycles. The van der Waals surface area contributed by atoms with Crippen molar-refractivity contribution >= 4 is 36.4 Å². The van der Waals surface area contributed by atoms with Gasteiger partial charge in [-0.2, -0.15) is 0 Å². The Kier molecular flexibility index (Phi) is 13.8. The van der Waals surface area contributed by atoms with Crippen LogP contribution in [0.4, 0.5) is 4.79 Å². The van der Waals surface area contributed by atoms with Crippen molar-refractivity contribution in [2.24, 2.45) is 23.5 Å². The Morgan fingerprint density at radius 3 is 1.89 bits per heavy atom. The van der Waals surface area contributed by atoms with Gasteiger partial charge in [0.25, 0.3) is 0 Å². The monoisotopic (exact) mass is 532 g/mol. The minimum Gasteiger partial charge on any atom is -0.433 e. The summed E-state index contributed by atoms with van der Waals surface area (Å²) in [7, 11) is 4.61. The number of hydrogen-bond acceptors (Lipinski definition) is 7. The molecule has 36 heavy (non-hydrogen) atoms. The molecule has 3 N–H and O–H groups in total. The molecule has 0 unspecified atom stereocenters. The quantitative estimate of drug-likeness (QED) is 0.233. The molecule has 5 atom stereocenters. The summed E-state index contributed by atoms with van der Waals surface area (Å²) in [5.74, 6) is -1.82. The van der Waals surface area contributed by atoms with Crippen LogP contribution in [0.1, 0.15) is 68.2 Å². The first-order valence-corrected chi connectivity index (χ1v) is 12.9. The molecule has 10 nitrogen and oxygen atoms in total. The summed E-state index contributed by atoms with van der Waals surface area (Å²) in [5.41, 5.74) is 5.42. The zero-order chi connectivity index (χ0) is 28.5. The lowest BCUT2D eigenvalue weighted by molar-refractivity contribution is -0.144. The van der Waals surface area contributed by atoms with E-state index in [9.17, 15) is 19.2 Å². The average Bonchev–Trinajstić information content (AvgIpc) is 2.74. The van der Waals surface area contributed by atoms with Gasteiger partial charge >= 0.3 is 6.09 Å². The van der Waals surface area contributed by atoms with Gasteiger partial charge in [0.15, 0.2) is 4.93 Å². The number of ether oxygens (including phenoxy) is 2. The van der Waals surface area contributed by atoms with Crippen molar-refractivity contribution in [3.05, 3.63) is 0 Å². The Morgan fingerprint density at radius 1 is 1.00 bits per heavy atom. The molecular formula is C25H48N4O6S. The molecule has 0 bridgehead atoms. The zero-order valence-electron chi connectivity index (χ0n) is 23.8. The summed E-state index contributed by atoms with van der Waals surface area (Å²) in [6.07, 6.45) is -0.585. The maximum Gasteiger partial charge on any atom is 0.411 e. The van der Waals surface area contributed by atoms with Crippen LogP contribution in [-0.4, -0.2) is 84.0 Å². The Morgan fingerprint density at radius 2 is 1.53 bits per heavy atom. The fourth-order valence-corrected chi connectivity index (χ4v) is 4.30. The maximum absolute atomic E-state index is 13.7. The van der Waals surface area contributed by atoms with Gasteiger partial charge in [0.1, 0.15) is 12.1 Å². The smallest absolute Gasteiger partial charge is 0.411 e. The molecule has 0 aromatic heterocycles. The number of methoxy groups -OCH3 is 1. The first kappa shape index (κ1) is 34.0. The number of nitrogens with one attached hydrogen (secondary N) is 1. The highest BCUT2D eigenvalue weighted by Gasteiger charge is 2.39. The number of carbonyl (C=O) groups excluding carboxylic acids is 4. The van der Waals surface area contributed by atoms with Gasteiger partial charge in [0.05, 0.1) is 18.6 Å². The zero-order valence-corrected chi connectivity index (χ0v) is 24.7. The van der Waals surface area contributed by atoms with Crippen LogP contribution in [-0.2, 0) is 23.9 Å². The Hall–Kier alpha value is -2.01. The molecule has 11 heteroatoms. The van der Waals surface area contributed by atoms with Gasteiger partial charge in [0.2, 0.25) is 17.7 Å². The van der Waals surface area contributed by atoms with E-state index in [1.54, 1.807) is 25.8 Å². The van der Waals surface area contributed by atoms with Gasteiger partial charge in [-0.25, -0.2) is 4.79 Å². The summed E-state index contributed by atoms with van der Waals surface area (Å²) in [6, 6.07) is -2.18. The van der Waals surface area contributed by atoms with E-state index < -0.39 is 47.1 Å². The van der Waals surface area contributed by atoms with Gasteiger partial charge in [0, 0.05) is 21.2 Å². The molecule has 0 spiro atoms. The second-order valence-corrected chi connectivity index (χ2v) is 11.7. The van der Waals surface area contributed by atoms with E-state index in [2.05, 4.69) is 17.9 Å². The van der Waals surface area contributed by atoms with Crippen molar-refractivity contribution in [2.75, 3.05) is 21.2 Å². The summed E-state index contributed by atoms with van der Waals surface area (Å²) in [5, 5.41) is 2.86. The summed E-state index contributed by atoms with van der Waals surface area (Å²) < 4.78 is 10.9. The number of hydrogen-bond donors (Lipinski definition) is 3. The molecule has 0 heterocycles. The lowest BCUT2D eigenvalue weighted by Crippen LogP contribution is -2.60. The molecule has 0 radical (unpaired) electrons. The van der Waals surface area contributed by atoms with Crippen molar-refractivity contribution < 1.29 is 28.7 Å². The standard InChI is InChI=1S/C25H48N4O6S/c1-12-16(6)21(17(34-11)13-18(26)30)28(9)23(32)19(14(2)3)27-22(31)20(15(4)5)29(10)24(33)35-25(7,8)36/h14-17,19-21,36H,12-13H2,1-11H3,(H2,26,30)(H,27,31)/t16-,17+,19-,20-,21-/m0/s1. The summed E-state index contributed by atoms with van der Waals surface area (Å²) >= 11 is 4.22. The predicted octanol–water partition coefficient (Wildman–Crippen LogP) is 2.65. The van der Waals surface area contributed by atoms with E-state index in [0.29, 0.717) is 0 Å². The summed E-state index contributed by atoms with van der Waals surface area (Å²) in [4.78, 5) is 53.1. The third kappa shape index (κ3) is 10.2. The maximum atomic E-state index is 13.7. The Balaban J connectivity index is 6.00. The second kappa shape index (κ2) is 14.7. The number of likely N-dealkylation sites (N-methyl/N-ethyl adjacent to an activating group) is 2. The predicted molar refractivity (Wildman–Crippen MR) is 143 cm³/mol. The largest absolute Gasteiger partial charge is 0.433 e. The van der Waals surface area contributed by atoms with Crippen molar-refractivity contribution in [3.63, 3.8) is 0 Å². The van der Waals surface area contributed by atoms with Crippen LogP contribution in [0.2, 0.25) is 0 Å². The lowest BCUT2D eigenvalue weighted by atomic mass is 9.89. The van der Waals surface area contributed by atoms with Crippen molar-refractivity contribution in [2.45, 2.75) is 97.4 Å². The van der Waals surface area contributed by atoms with Crippen LogP contribution in [0.25, 0.3) is 0 Å². The molecule has 0 aromatic carbocycles. The second-order valence-electron chi connectivity index (χ2n) is 10.6. The van der Waals surface area contributed by atoms with Crippen LogP contribution in [0.5, 0.6) is 0 Å². The first-order chi connectivity index (χ1) is 16.4. The molecule has 0 aromatic rings. The number of carbonyl (C=O) groups is 4. The number of thiol groups is 1. The molecule has 0 aliphatic heterocycles. The van der Waals surface area contributed by atoms with Crippen LogP contribution >= 0.6 is 12.6 Å². The van der Waals surface area contributed by atoms with Gasteiger partial charge in [-0.3, -0.25) is 19.3 Å². The van der Waals surface area contributed by atoms with Crippen molar-refractivity contribution in [1.82, 2.24) is 15.1 Å². The lowest BCUT2D eigenvalue weighted by Gasteiger charge is -2.40. The Bertz CT molecular complexity index is 755. The highest BCUT2D eigenvalue weighted by molar-refractivity contribution is 7.81. The SMILES string of the molecule is CC[C@H](C)[C@@H]([C@@H](CC(N)=O)OC)N(C)C(=O)[C@@H](NC(=O)[C@H](C(C)C)N(C)C(=O)OC(C)(C)S)C(C)C. The fraction of sp³-hybridized carbons (Fsp3) is 0.840. The summed E-state index contributed by atoms with van der Waals surface area (Å²) in [6.45, 7) is 14.5. The van der Waals surface area contributed by atoms with E-state index in [1.165, 1.54) is 19.1 Å². The number of primary amides is 1. The van der Waals surface area contributed by atoms with E-state index in [1.807, 2.05) is 41.5 Å². The highest BCUT2D eigenvalue weighted by atomic mass is 32.1. The third-order valence-electron chi connectivity index (χ3n) is 6.28. The molecule has 0 rings (SSSR count). The topological polar surface area (TPSA) is 131 Å². The molecule has 210 valence electrons. The fourth-order valence-electron chi connectivity index (χ4n) is 4.22. The van der Waals surface area contributed by atoms with Crippen LogP contribution in [0, 0.1) is 17.8 Å². The molecule has 0 saturated heterocycles. The third-order valence-corrected chi connectivity index (χ3v) is 6.37. The van der Waals surface area contributed by atoms with Gasteiger partial charge < -0.3 is 25.4 Å². The number of rotatable bonds is 14. The van der Waals surface area contributed by atoms with E-state index >= 15 is 0 Å². The van der Waals surface area contributed by atoms with E-state index in [0.717, 1.165) is 6.42 Å². The van der Waals surface area contributed by atoms with Crippen molar-refractivity contribution in [3.8, 4) is 0 Å². The van der Waals surface area contributed by atoms with Gasteiger partial charge in [-0.05, 0) is 31.6 Å². The molecular weight excluding hydrogens is 484 g/mol. The minimum absolute atomic E-state index is 0.000618. The van der Waals surface area contributed by atoms with Crippen LogP contribution in [0.3, 0.4) is 0 Å². The number of nitrogens with two attached hydrogens (primary N) is 1.